The average Bonchev–Trinajstić information content (AvgIpc) is 2.93. The number of nitrogens with one attached hydrogen (secondary N) is 1. The highest BCUT2D eigenvalue weighted by molar-refractivity contribution is 7.20. The molecule has 0 aromatic carbocycles. The van der Waals surface area contributed by atoms with Gasteiger partial charge in [-0.1, -0.05) is 17.4 Å². The molecule has 0 saturated carbocycles. The summed E-state index contributed by atoms with van der Waals surface area (Å²) in [5, 5.41) is 10.1. The predicted molar refractivity (Wildman–Crippen MR) is 73.5 cm³/mol. The molecule has 5 nitrogen and oxygen atoms in total. The Kier molecular flexibility index (Phi) is 2.85. The maximum Gasteiger partial charge on any atom is 0.275 e. The number of fused-ring (bicyclic) bond motifs is 1. The van der Waals surface area contributed by atoms with E-state index in [4.69, 9.17) is 0 Å². The topological polar surface area (TPSA) is 59.3 Å². The molecular formula is C11H10N4OS2. The molecule has 3 aromatic heterocycles. The van der Waals surface area contributed by atoms with Crippen LogP contribution in [0.4, 0.5) is 5.13 Å². The van der Waals surface area contributed by atoms with E-state index in [0.717, 1.165) is 0 Å². The van der Waals surface area contributed by atoms with Gasteiger partial charge in [0.05, 0.1) is 6.54 Å². The molecule has 0 bridgehead atoms. The van der Waals surface area contributed by atoms with Gasteiger partial charge >= 0.3 is 0 Å². The van der Waals surface area contributed by atoms with Gasteiger partial charge < -0.3 is 5.32 Å². The zero-order valence-electron chi connectivity index (χ0n) is 9.58. The molecule has 3 aromatic rings. The highest BCUT2D eigenvalue weighted by Gasteiger charge is 2.07. The molecular weight excluding hydrogens is 268 g/mol. The van der Waals surface area contributed by atoms with Gasteiger partial charge in [-0.05, 0) is 18.4 Å². The maximum absolute atomic E-state index is 11.7. The van der Waals surface area contributed by atoms with E-state index in [0.29, 0.717) is 22.3 Å². The van der Waals surface area contributed by atoms with Gasteiger partial charge in [-0.2, -0.15) is 4.52 Å². The third kappa shape index (κ3) is 2.14. The minimum absolute atomic E-state index is 0.141. The molecule has 0 aliphatic rings. The second-order valence-electron chi connectivity index (χ2n) is 3.77. The number of hydrogen-bond acceptors (Lipinski definition) is 6. The standard InChI is InChI=1S/C11H10N4OS2/c1-7-5-9(16)15-11(13-7)18-10(14-15)12-6-8-3-2-4-17-8/h2-5H,6H2,1H3,(H,12,14). The number of anilines is 1. The minimum atomic E-state index is -0.141. The van der Waals surface area contributed by atoms with E-state index in [1.807, 2.05) is 11.4 Å². The molecule has 3 heterocycles. The molecule has 0 aliphatic carbocycles. The fraction of sp³-hybridized carbons (Fsp3) is 0.182. The van der Waals surface area contributed by atoms with Crippen molar-refractivity contribution >= 4 is 32.8 Å². The van der Waals surface area contributed by atoms with Crippen molar-refractivity contribution in [1.29, 1.82) is 0 Å². The van der Waals surface area contributed by atoms with Gasteiger partial charge in [-0.15, -0.1) is 16.4 Å². The van der Waals surface area contributed by atoms with E-state index < -0.39 is 0 Å². The largest absolute Gasteiger partial charge is 0.355 e. The van der Waals surface area contributed by atoms with Crippen LogP contribution in [0.1, 0.15) is 10.6 Å². The van der Waals surface area contributed by atoms with E-state index in [-0.39, 0.29) is 5.56 Å². The fourth-order valence-electron chi connectivity index (χ4n) is 1.57. The van der Waals surface area contributed by atoms with Gasteiger partial charge in [-0.25, -0.2) is 4.98 Å². The predicted octanol–water partition coefficient (Wildman–Crippen LogP) is 2.13. The summed E-state index contributed by atoms with van der Waals surface area (Å²) in [4.78, 5) is 17.8. The van der Waals surface area contributed by atoms with E-state index in [1.54, 1.807) is 18.3 Å². The molecule has 0 saturated heterocycles. The summed E-state index contributed by atoms with van der Waals surface area (Å²) in [5.74, 6) is 0. The van der Waals surface area contributed by atoms with Crippen LogP contribution >= 0.6 is 22.7 Å². The van der Waals surface area contributed by atoms with Crippen molar-refractivity contribution < 1.29 is 0 Å². The number of aromatic nitrogens is 3. The summed E-state index contributed by atoms with van der Waals surface area (Å²) >= 11 is 3.07. The number of aryl methyl sites for hydroxylation is 1. The lowest BCUT2D eigenvalue weighted by molar-refractivity contribution is 0.888. The second-order valence-corrected chi connectivity index (χ2v) is 5.76. The summed E-state index contributed by atoms with van der Waals surface area (Å²) in [6.07, 6.45) is 0. The molecule has 0 amide bonds. The van der Waals surface area contributed by atoms with Crippen molar-refractivity contribution in [3.63, 3.8) is 0 Å². The summed E-state index contributed by atoms with van der Waals surface area (Å²) in [6.45, 7) is 2.52. The first-order chi connectivity index (χ1) is 8.72. The molecule has 0 fully saturated rings. The van der Waals surface area contributed by atoms with Crippen molar-refractivity contribution in [1.82, 2.24) is 14.6 Å². The van der Waals surface area contributed by atoms with Crippen LogP contribution in [0.25, 0.3) is 4.96 Å². The van der Waals surface area contributed by atoms with E-state index in [9.17, 15) is 4.79 Å². The molecule has 7 heteroatoms. The van der Waals surface area contributed by atoms with Gasteiger partial charge in [0, 0.05) is 16.6 Å². The lowest BCUT2D eigenvalue weighted by Gasteiger charge is -1.97. The zero-order chi connectivity index (χ0) is 12.5. The van der Waals surface area contributed by atoms with E-state index >= 15 is 0 Å². The Bertz CT molecular complexity index is 729. The lowest BCUT2D eigenvalue weighted by atomic mass is 10.5. The van der Waals surface area contributed by atoms with Gasteiger partial charge in [0.2, 0.25) is 10.1 Å². The zero-order valence-corrected chi connectivity index (χ0v) is 11.2. The Labute approximate surface area is 111 Å². The smallest absolute Gasteiger partial charge is 0.275 e. The van der Waals surface area contributed by atoms with Crippen molar-refractivity contribution in [3.05, 3.63) is 44.5 Å². The third-order valence-electron chi connectivity index (χ3n) is 2.37. The first kappa shape index (κ1) is 11.4. The van der Waals surface area contributed by atoms with Crippen molar-refractivity contribution in [2.75, 3.05) is 5.32 Å². The molecule has 1 N–H and O–H groups in total. The minimum Gasteiger partial charge on any atom is -0.355 e. The van der Waals surface area contributed by atoms with Gasteiger partial charge in [0.25, 0.3) is 5.56 Å². The van der Waals surface area contributed by atoms with Crippen LogP contribution in [0.5, 0.6) is 0 Å². The summed E-state index contributed by atoms with van der Waals surface area (Å²) in [7, 11) is 0. The summed E-state index contributed by atoms with van der Waals surface area (Å²) < 4.78 is 1.33. The van der Waals surface area contributed by atoms with Crippen LogP contribution in [0.3, 0.4) is 0 Å². The van der Waals surface area contributed by atoms with Crippen LogP contribution in [0.2, 0.25) is 0 Å². The normalized spacial score (nSPS) is 10.9. The van der Waals surface area contributed by atoms with Crippen LogP contribution in [0.15, 0.2) is 28.4 Å². The van der Waals surface area contributed by atoms with Crippen molar-refractivity contribution in [2.24, 2.45) is 0 Å². The highest BCUT2D eigenvalue weighted by atomic mass is 32.1. The fourth-order valence-corrected chi connectivity index (χ4v) is 3.06. The molecule has 0 atom stereocenters. The average molecular weight is 278 g/mol. The van der Waals surface area contributed by atoms with Gasteiger partial charge in [0.15, 0.2) is 0 Å². The molecule has 0 radical (unpaired) electrons. The maximum atomic E-state index is 11.7. The molecule has 3 rings (SSSR count). The molecule has 18 heavy (non-hydrogen) atoms. The Hall–Kier alpha value is -1.73. The van der Waals surface area contributed by atoms with Crippen LogP contribution in [-0.2, 0) is 6.54 Å². The SMILES string of the molecule is Cc1cc(=O)n2nc(NCc3cccs3)sc2n1. The van der Waals surface area contributed by atoms with E-state index in [1.165, 1.54) is 26.8 Å². The van der Waals surface area contributed by atoms with Crippen LogP contribution < -0.4 is 10.9 Å². The monoisotopic (exact) mass is 278 g/mol. The quantitative estimate of drug-likeness (QED) is 0.797. The number of hydrogen-bond donors (Lipinski definition) is 1. The Morgan fingerprint density at radius 3 is 3.17 bits per heavy atom. The number of nitrogens with zero attached hydrogens (tertiary/aromatic N) is 3. The van der Waals surface area contributed by atoms with Crippen LogP contribution in [0, 0.1) is 6.92 Å². The molecule has 0 aliphatic heterocycles. The highest BCUT2D eigenvalue weighted by Crippen LogP contribution is 2.18. The van der Waals surface area contributed by atoms with Gasteiger partial charge in [-0.3, -0.25) is 4.79 Å². The molecule has 0 spiro atoms. The van der Waals surface area contributed by atoms with Gasteiger partial charge in [0.1, 0.15) is 0 Å². The molecule has 0 unspecified atom stereocenters. The van der Waals surface area contributed by atoms with Crippen LogP contribution in [-0.4, -0.2) is 14.6 Å². The van der Waals surface area contributed by atoms with Crippen molar-refractivity contribution in [3.8, 4) is 0 Å². The Balaban J connectivity index is 1.89. The van der Waals surface area contributed by atoms with Crippen molar-refractivity contribution in [2.45, 2.75) is 13.5 Å². The number of thiophene rings is 1. The Morgan fingerprint density at radius 2 is 2.39 bits per heavy atom. The number of rotatable bonds is 3. The summed E-state index contributed by atoms with van der Waals surface area (Å²) in [6, 6.07) is 5.55. The summed E-state index contributed by atoms with van der Waals surface area (Å²) in [5.41, 5.74) is 0.575. The first-order valence-electron chi connectivity index (χ1n) is 5.36. The van der Waals surface area contributed by atoms with E-state index in [2.05, 4.69) is 21.5 Å². The Morgan fingerprint density at radius 1 is 1.50 bits per heavy atom. The first-order valence-corrected chi connectivity index (χ1v) is 7.06. The third-order valence-corrected chi connectivity index (χ3v) is 4.11. The lowest BCUT2D eigenvalue weighted by Crippen LogP contribution is -2.14. The second kappa shape index (κ2) is 4.51. The molecule has 92 valence electrons.